The fourth-order valence-corrected chi connectivity index (χ4v) is 3.38. The van der Waals surface area contributed by atoms with Crippen molar-refractivity contribution in [3.63, 3.8) is 0 Å². The SMILES string of the molecule is CCC1CCCC1Nc1ccc2nc(C(C)(C)C)[nH]c2c1. The second-order valence-corrected chi connectivity index (χ2v) is 7.42. The first-order valence-corrected chi connectivity index (χ1v) is 8.24. The molecule has 3 rings (SSSR count). The van der Waals surface area contributed by atoms with Crippen LogP contribution >= 0.6 is 0 Å². The number of aromatic nitrogens is 2. The van der Waals surface area contributed by atoms with E-state index >= 15 is 0 Å². The van der Waals surface area contributed by atoms with Gasteiger partial charge in [-0.25, -0.2) is 4.98 Å². The topological polar surface area (TPSA) is 40.7 Å². The molecular weight excluding hydrogens is 258 g/mol. The van der Waals surface area contributed by atoms with E-state index in [-0.39, 0.29) is 5.41 Å². The molecule has 3 heteroatoms. The Kier molecular flexibility index (Phi) is 3.68. The van der Waals surface area contributed by atoms with Gasteiger partial charge in [-0.05, 0) is 37.0 Å². The number of H-pyrrole nitrogens is 1. The molecule has 1 aromatic carbocycles. The average Bonchev–Trinajstić information content (AvgIpc) is 3.03. The standard InChI is InChI=1S/C18H27N3/c1-5-12-7-6-8-14(12)19-13-9-10-15-16(11-13)21-17(20-15)18(2,3)4/h9-12,14,19H,5-8H2,1-4H3,(H,20,21). The van der Waals surface area contributed by atoms with E-state index in [0.717, 1.165) is 22.8 Å². The summed E-state index contributed by atoms with van der Waals surface area (Å²) in [6.07, 6.45) is 5.30. The van der Waals surface area contributed by atoms with E-state index in [1.165, 1.54) is 31.4 Å². The summed E-state index contributed by atoms with van der Waals surface area (Å²) >= 11 is 0. The van der Waals surface area contributed by atoms with E-state index in [0.29, 0.717) is 6.04 Å². The van der Waals surface area contributed by atoms with Gasteiger partial charge in [-0.2, -0.15) is 0 Å². The predicted molar refractivity (Wildman–Crippen MR) is 89.8 cm³/mol. The van der Waals surface area contributed by atoms with Gasteiger partial charge in [0.05, 0.1) is 11.0 Å². The highest BCUT2D eigenvalue weighted by Crippen LogP contribution is 2.31. The Morgan fingerprint density at radius 2 is 2.10 bits per heavy atom. The number of rotatable bonds is 3. The van der Waals surface area contributed by atoms with Crippen molar-refractivity contribution in [2.45, 2.75) is 64.8 Å². The van der Waals surface area contributed by atoms with E-state index in [2.05, 4.69) is 56.2 Å². The summed E-state index contributed by atoms with van der Waals surface area (Å²) in [6.45, 7) is 8.87. The van der Waals surface area contributed by atoms with Gasteiger partial charge in [-0.1, -0.05) is 40.5 Å². The minimum Gasteiger partial charge on any atom is -0.382 e. The molecule has 0 amide bonds. The third-order valence-electron chi connectivity index (χ3n) is 4.73. The Morgan fingerprint density at radius 3 is 2.81 bits per heavy atom. The maximum atomic E-state index is 4.70. The summed E-state index contributed by atoms with van der Waals surface area (Å²) in [6, 6.07) is 7.14. The van der Waals surface area contributed by atoms with Crippen LogP contribution in [0.3, 0.4) is 0 Å². The Hall–Kier alpha value is -1.51. The number of hydrogen-bond donors (Lipinski definition) is 2. The fraction of sp³-hybridized carbons (Fsp3) is 0.611. The highest BCUT2D eigenvalue weighted by molar-refractivity contribution is 5.79. The van der Waals surface area contributed by atoms with Crippen molar-refractivity contribution in [1.29, 1.82) is 0 Å². The van der Waals surface area contributed by atoms with Crippen LogP contribution in [0.2, 0.25) is 0 Å². The van der Waals surface area contributed by atoms with Crippen molar-refractivity contribution in [2.24, 2.45) is 5.92 Å². The van der Waals surface area contributed by atoms with Gasteiger partial charge in [-0.15, -0.1) is 0 Å². The number of nitrogens with zero attached hydrogens (tertiary/aromatic N) is 1. The normalized spacial score (nSPS) is 22.9. The lowest BCUT2D eigenvalue weighted by atomic mass is 9.96. The first kappa shape index (κ1) is 14.4. The summed E-state index contributed by atoms with van der Waals surface area (Å²) in [4.78, 5) is 8.18. The van der Waals surface area contributed by atoms with Crippen LogP contribution in [0.5, 0.6) is 0 Å². The molecule has 0 radical (unpaired) electrons. The molecule has 0 bridgehead atoms. The maximum Gasteiger partial charge on any atom is 0.112 e. The molecule has 21 heavy (non-hydrogen) atoms. The molecular formula is C18H27N3. The third kappa shape index (κ3) is 2.92. The fourth-order valence-electron chi connectivity index (χ4n) is 3.38. The van der Waals surface area contributed by atoms with Crippen LogP contribution in [0.15, 0.2) is 18.2 Å². The van der Waals surface area contributed by atoms with Gasteiger partial charge >= 0.3 is 0 Å². The molecule has 1 aliphatic carbocycles. The van der Waals surface area contributed by atoms with Crippen molar-refractivity contribution in [3.05, 3.63) is 24.0 Å². The molecule has 1 aliphatic rings. The molecule has 1 saturated carbocycles. The van der Waals surface area contributed by atoms with Crippen molar-refractivity contribution in [2.75, 3.05) is 5.32 Å². The Labute approximate surface area is 127 Å². The van der Waals surface area contributed by atoms with E-state index in [9.17, 15) is 0 Å². The molecule has 2 aromatic rings. The quantitative estimate of drug-likeness (QED) is 0.846. The number of hydrogen-bond acceptors (Lipinski definition) is 2. The van der Waals surface area contributed by atoms with E-state index in [4.69, 9.17) is 4.98 Å². The lowest BCUT2D eigenvalue weighted by Gasteiger charge is -2.20. The van der Waals surface area contributed by atoms with Crippen LogP contribution in [0.4, 0.5) is 5.69 Å². The molecule has 2 unspecified atom stereocenters. The zero-order valence-electron chi connectivity index (χ0n) is 13.7. The first-order chi connectivity index (χ1) is 9.97. The van der Waals surface area contributed by atoms with Crippen molar-refractivity contribution in [3.8, 4) is 0 Å². The molecule has 1 aromatic heterocycles. The van der Waals surface area contributed by atoms with Gasteiger partial charge < -0.3 is 10.3 Å². The van der Waals surface area contributed by atoms with Gasteiger partial charge in [-0.3, -0.25) is 0 Å². The molecule has 3 nitrogen and oxygen atoms in total. The molecule has 1 heterocycles. The molecule has 114 valence electrons. The Bertz CT molecular complexity index is 621. The predicted octanol–water partition coefficient (Wildman–Crippen LogP) is 4.85. The number of fused-ring (bicyclic) bond motifs is 1. The number of anilines is 1. The minimum atomic E-state index is 0.0609. The molecule has 2 atom stereocenters. The minimum absolute atomic E-state index is 0.0609. The van der Waals surface area contributed by atoms with Crippen molar-refractivity contribution in [1.82, 2.24) is 9.97 Å². The van der Waals surface area contributed by atoms with Gasteiger partial charge in [0.15, 0.2) is 0 Å². The van der Waals surface area contributed by atoms with Crippen LogP contribution in [0.1, 0.15) is 59.2 Å². The van der Waals surface area contributed by atoms with Crippen molar-refractivity contribution >= 4 is 16.7 Å². The Morgan fingerprint density at radius 1 is 1.29 bits per heavy atom. The highest BCUT2D eigenvalue weighted by atomic mass is 15.0. The zero-order valence-corrected chi connectivity index (χ0v) is 13.7. The third-order valence-corrected chi connectivity index (χ3v) is 4.73. The summed E-state index contributed by atoms with van der Waals surface area (Å²) in [7, 11) is 0. The number of aromatic amines is 1. The second-order valence-electron chi connectivity index (χ2n) is 7.42. The van der Waals surface area contributed by atoms with Gasteiger partial charge in [0.1, 0.15) is 5.82 Å². The van der Waals surface area contributed by atoms with Gasteiger partial charge in [0, 0.05) is 17.1 Å². The lowest BCUT2D eigenvalue weighted by molar-refractivity contribution is 0.489. The van der Waals surface area contributed by atoms with Crippen LogP contribution < -0.4 is 5.32 Å². The second kappa shape index (κ2) is 5.36. The van der Waals surface area contributed by atoms with Crippen LogP contribution in [-0.4, -0.2) is 16.0 Å². The lowest BCUT2D eigenvalue weighted by Crippen LogP contribution is -2.23. The van der Waals surface area contributed by atoms with Gasteiger partial charge in [0.2, 0.25) is 0 Å². The first-order valence-electron chi connectivity index (χ1n) is 8.24. The van der Waals surface area contributed by atoms with E-state index in [1.54, 1.807) is 0 Å². The summed E-state index contributed by atoms with van der Waals surface area (Å²) < 4.78 is 0. The largest absolute Gasteiger partial charge is 0.382 e. The van der Waals surface area contributed by atoms with Crippen LogP contribution in [-0.2, 0) is 5.41 Å². The average molecular weight is 285 g/mol. The maximum absolute atomic E-state index is 4.70. The Balaban J connectivity index is 1.84. The summed E-state index contributed by atoms with van der Waals surface area (Å²) in [5.74, 6) is 1.88. The monoisotopic (exact) mass is 285 g/mol. The van der Waals surface area contributed by atoms with Crippen LogP contribution in [0.25, 0.3) is 11.0 Å². The highest BCUT2D eigenvalue weighted by Gasteiger charge is 2.25. The van der Waals surface area contributed by atoms with E-state index in [1.807, 2.05) is 0 Å². The molecule has 0 spiro atoms. The number of benzene rings is 1. The van der Waals surface area contributed by atoms with Gasteiger partial charge in [0.25, 0.3) is 0 Å². The van der Waals surface area contributed by atoms with Crippen molar-refractivity contribution < 1.29 is 0 Å². The van der Waals surface area contributed by atoms with Crippen LogP contribution in [0, 0.1) is 5.92 Å². The number of imidazole rings is 1. The smallest absolute Gasteiger partial charge is 0.112 e. The summed E-state index contributed by atoms with van der Waals surface area (Å²) in [5.41, 5.74) is 3.47. The molecule has 2 N–H and O–H groups in total. The molecule has 1 fully saturated rings. The number of nitrogens with one attached hydrogen (secondary N) is 2. The zero-order chi connectivity index (χ0) is 15.0. The van der Waals surface area contributed by atoms with E-state index < -0.39 is 0 Å². The molecule has 0 saturated heterocycles. The summed E-state index contributed by atoms with van der Waals surface area (Å²) in [5, 5.41) is 3.73. The molecule has 0 aliphatic heterocycles.